The van der Waals surface area contributed by atoms with Crippen molar-refractivity contribution in [3.05, 3.63) is 11.1 Å². The number of ether oxygens (including phenoxy) is 6. The SMILES string of the molecule is CC(=O)O[C@@H]1[C@@H]2C[C@H](OC(C)=O)C(C)=C([C@@H](OC(C)=O)[C@H](OC(C)=O)[C@]3(C)CC[C@H](OC(C)=O)[C@@]4(CO4)[C@@H]13)C2(C)C. The predicted octanol–water partition coefficient (Wildman–Crippen LogP) is 3.21. The summed E-state index contributed by atoms with van der Waals surface area (Å²) < 4.78 is 36.0. The van der Waals surface area contributed by atoms with Crippen LogP contribution >= 0.6 is 0 Å². The predicted molar refractivity (Wildman–Crippen MR) is 142 cm³/mol. The van der Waals surface area contributed by atoms with Crippen LogP contribution in [0.2, 0.25) is 0 Å². The highest BCUT2D eigenvalue weighted by Crippen LogP contribution is 2.65. The summed E-state index contributed by atoms with van der Waals surface area (Å²) in [4.78, 5) is 62.4. The van der Waals surface area contributed by atoms with Crippen molar-refractivity contribution in [1.82, 2.24) is 0 Å². The van der Waals surface area contributed by atoms with Crippen LogP contribution in [0.1, 0.15) is 81.6 Å². The van der Waals surface area contributed by atoms with Crippen molar-refractivity contribution in [3.63, 3.8) is 0 Å². The molecule has 0 radical (unpaired) electrons. The molecule has 4 aliphatic rings. The largest absolute Gasteiger partial charge is 0.462 e. The Morgan fingerprint density at radius 1 is 0.780 bits per heavy atom. The fraction of sp³-hybridized carbons (Fsp3) is 0.767. The van der Waals surface area contributed by atoms with Crippen LogP contribution in [0.3, 0.4) is 0 Å². The lowest BCUT2D eigenvalue weighted by atomic mass is 9.48. The van der Waals surface area contributed by atoms with E-state index in [1.54, 1.807) is 0 Å². The van der Waals surface area contributed by atoms with Gasteiger partial charge in [-0.1, -0.05) is 20.8 Å². The number of hydrogen-bond acceptors (Lipinski definition) is 11. The maximum absolute atomic E-state index is 12.7. The number of epoxide rings is 1. The molecule has 3 aliphatic carbocycles. The van der Waals surface area contributed by atoms with Gasteiger partial charge in [-0.15, -0.1) is 0 Å². The van der Waals surface area contributed by atoms with E-state index in [-0.39, 0.29) is 6.61 Å². The van der Waals surface area contributed by atoms with Crippen LogP contribution in [0.15, 0.2) is 11.1 Å². The van der Waals surface area contributed by atoms with Gasteiger partial charge in [0.05, 0.1) is 6.61 Å². The fourth-order valence-electron chi connectivity index (χ4n) is 8.18. The minimum absolute atomic E-state index is 0.232. The van der Waals surface area contributed by atoms with E-state index >= 15 is 0 Å². The monoisotopic (exact) mass is 578 g/mol. The van der Waals surface area contributed by atoms with Crippen molar-refractivity contribution in [2.75, 3.05) is 6.61 Å². The molecule has 0 aromatic rings. The Hall–Kier alpha value is -2.95. The van der Waals surface area contributed by atoms with Crippen molar-refractivity contribution in [2.45, 2.75) is 118 Å². The lowest BCUT2D eigenvalue weighted by molar-refractivity contribution is -0.229. The van der Waals surface area contributed by atoms with E-state index in [0.29, 0.717) is 30.4 Å². The number of carbonyl (C=O) groups is 5. The van der Waals surface area contributed by atoms with Gasteiger partial charge in [0.15, 0.2) is 6.10 Å². The molecule has 0 N–H and O–H groups in total. The van der Waals surface area contributed by atoms with E-state index in [1.807, 2.05) is 27.7 Å². The molecule has 0 unspecified atom stereocenters. The van der Waals surface area contributed by atoms with Crippen LogP contribution in [-0.2, 0) is 52.4 Å². The molecule has 1 aliphatic heterocycles. The van der Waals surface area contributed by atoms with E-state index in [4.69, 9.17) is 28.4 Å². The molecule has 11 heteroatoms. The molecule has 2 saturated carbocycles. The Bertz CT molecular complexity index is 1160. The van der Waals surface area contributed by atoms with Gasteiger partial charge in [0, 0.05) is 51.9 Å². The highest BCUT2D eigenvalue weighted by atomic mass is 16.6. The van der Waals surface area contributed by atoms with Gasteiger partial charge >= 0.3 is 29.8 Å². The first kappa shape index (κ1) is 31.0. The Morgan fingerprint density at radius 3 is 1.80 bits per heavy atom. The highest BCUT2D eigenvalue weighted by molar-refractivity contribution is 5.69. The average molecular weight is 579 g/mol. The summed E-state index contributed by atoms with van der Waals surface area (Å²) in [6.07, 6.45) is -3.09. The smallest absolute Gasteiger partial charge is 0.303 e. The van der Waals surface area contributed by atoms with Gasteiger partial charge in [-0.05, 0) is 42.7 Å². The van der Waals surface area contributed by atoms with Crippen LogP contribution in [0.25, 0.3) is 0 Å². The first-order chi connectivity index (χ1) is 19.0. The molecule has 0 amide bonds. The van der Waals surface area contributed by atoms with E-state index in [1.165, 1.54) is 34.6 Å². The molecule has 0 aromatic heterocycles. The average Bonchev–Trinajstić information content (AvgIpc) is 3.59. The van der Waals surface area contributed by atoms with E-state index in [2.05, 4.69) is 0 Å². The molecular formula is C30H42O11. The molecule has 1 saturated heterocycles. The second kappa shape index (κ2) is 10.7. The molecular weight excluding hydrogens is 536 g/mol. The molecule has 41 heavy (non-hydrogen) atoms. The normalized spacial score (nSPS) is 38.9. The van der Waals surface area contributed by atoms with Gasteiger partial charge in [-0.3, -0.25) is 24.0 Å². The summed E-state index contributed by atoms with van der Waals surface area (Å²) in [7, 11) is 0. The Balaban J connectivity index is 2.06. The lowest BCUT2D eigenvalue weighted by Crippen LogP contribution is -2.68. The van der Waals surface area contributed by atoms with Gasteiger partial charge in [-0.25, -0.2) is 0 Å². The fourth-order valence-corrected chi connectivity index (χ4v) is 8.18. The zero-order valence-electron chi connectivity index (χ0n) is 25.4. The van der Waals surface area contributed by atoms with Crippen LogP contribution in [-0.4, -0.2) is 72.6 Å². The topological polar surface area (TPSA) is 144 Å². The summed E-state index contributed by atoms with van der Waals surface area (Å²) in [6.45, 7) is 14.5. The number of hydrogen-bond donors (Lipinski definition) is 0. The Labute approximate surface area is 240 Å². The summed E-state index contributed by atoms with van der Waals surface area (Å²) in [6, 6.07) is 0. The first-order valence-electron chi connectivity index (χ1n) is 14.2. The molecule has 9 atom stereocenters. The van der Waals surface area contributed by atoms with E-state index in [0.717, 1.165) is 0 Å². The molecule has 228 valence electrons. The minimum Gasteiger partial charge on any atom is -0.462 e. The second-order valence-electron chi connectivity index (χ2n) is 12.8. The second-order valence-corrected chi connectivity index (χ2v) is 12.8. The van der Waals surface area contributed by atoms with Crippen LogP contribution < -0.4 is 0 Å². The Morgan fingerprint density at radius 2 is 1.32 bits per heavy atom. The maximum atomic E-state index is 12.7. The first-order valence-corrected chi connectivity index (χ1v) is 14.2. The number of rotatable bonds is 5. The van der Waals surface area contributed by atoms with Gasteiger partial charge < -0.3 is 28.4 Å². The lowest BCUT2D eigenvalue weighted by Gasteiger charge is -2.61. The Kier molecular flexibility index (Phi) is 8.10. The highest BCUT2D eigenvalue weighted by Gasteiger charge is 2.74. The summed E-state index contributed by atoms with van der Waals surface area (Å²) >= 11 is 0. The van der Waals surface area contributed by atoms with Crippen molar-refractivity contribution in [1.29, 1.82) is 0 Å². The van der Waals surface area contributed by atoms with Crippen molar-refractivity contribution < 1.29 is 52.4 Å². The van der Waals surface area contributed by atoms with Crippen LogP contribution in [0.4, 0.5) is 0 Å². The summed E-state index contributed by atoms with van der Waals surface area (Å²) in [5.74, 6) is -3.70. The van der Waals surface area contributed by atoms with Gasteiger partial charge in [0.25, 0.3) is 0 Å². The molecule has 3 fully saturated rings. The van der Waals surface area contributed by atoms with Crippen LogP contribution in [0.5, 0.6) is 0 Å². The molecule has 4 rings (SSSR count). The zero-order valence-corrected chi connectivity index (χ0v) is 25.4. The molecule has 1 heterocycles. The van der Waals surface area contributed by atoms with Crippen molar-refractivity contribution in [3.8, 4) is 0 Å². The third kappa shape index (κ3) is 5.37. The summed E-state index contributed by atoms with van der Waals surface area (Å²) in [5, 5.41) is 0. The zero-order chi connectivity index (χ0) is 30.7. The number of esters is 5. The number of fused-ring (bicyclic) bond motifs is 4. The van der Waals surface area contributed by atoms with Gasteiger partial charge in [-0.2, -0.15) is 0 Å². The van der Waals surface area contributed by atoms with E-state index in [9.17, 15) is 24.0 Å². The van der Waals surface area contributed by atoms with E-state index < -0.39 is 88.6 Å². The number of carbonyl (C=O) groups excluding carboxylic acids is 5. The minimum atomic E-state index is -1.03. The molecule has 2 bridgehead atoms. The summed E-state index contributed by atoms with van der Waals surface area (Å²) in [5.41, 5.74) is -1.41. The van der Waals surface area contributed by atoms with Crippen molar-refractivity contribution in [2.24, 2.45) is 22.7 Å². The molecule has 1 spiro atoms. The van der Waals surface area contributed by atoms with Gasteiger partial charge in [0.1, 0.15) is 30.0 Å². The third-order valence-corrected chi connectivity index (χ3v) is 9.64. The quantitative estimate of drug-likeness (QED) is 0.205. The van der Waals surface area contributed by atoms with Crippen LogP contribution in [0, 0.1) is 22.7 Å². The molecule has 11 nitrogen and oxygen atoms in total. The maximum Gasteiger partial charge on any atom is 0.303 e. The standard InChI is InChI=1S/C30H42O11/c1-14-21(37-15(2)31)12-20-24(39-17(4)33)26-29(9,11-10-22(38-16(3)32)30(26)13-36-30)27(41-19(6)35)25(40-18(5)34)23(14)28(20,7)8/h20-22,24-27H,10-13H2,1-9H3/t20-,21-,22-,24+,25+,26-,27-,29+,30-/m0/s1. The van der Waals surface area contributed by atoms with Crippen molar-refractivity contribution >= 4 is 29.8 Å². The van der Waals surface area contributed by atoms with Gasteiger partial charge in [0.2, 0.25) is 0 Å². The molecule has 0 aromatic carbocycles. The third-order valence-electron chi connectivity index (χ3n) is 9.64.